The van der Waals surface area contributed by atoms with Gasteiger partial charge in [-0.15, -0.1) is 0 Å². The van der Waals surface area contributed by atoms with E-state index in [2.05, 4.69) is 0 Å². The third kappa shape index (κ3) is 3.46. The summed E-state index contributed by atoms with van der Waals surface area (Å²) in [7, 11) is -3.18. The van der Waals surface area contributed by atoms with E-state index in [4.69, 9.17) is 4.74 Å². The normalized spacial score (nSPS) is 23.1. The van der Waals surface area contributed by atoms with Crippen LogP contribution in [0.3, 0.4) is 0 Å². The number of urea groups is 1. The first-order valence-corrected chi connectivity index (χ1v) is 11.3. The zero-order chi connectivity index (χ0) is 19.9. The van der Waals surface area contributed by atoms with Crippen molar-refractivity contribution < 1.29 is 17.9 Å². The molecule has 0 aliphatic carbocycles. The van der Waals surface area contributed by atoms with Crippen LogP contribution in [0.5, 0.6) is 5.75 Å². The Labute approximate surface area is 165 Å². The molecule has 148 valence electrons. The van der Waals surface area contributed by atoms with Crippen LogP contribution in [0, 0.1) is 6.92 Å². The summed E-state index contributed by atoms with van der Waals surface area (Å²) in [6.07, 6.45) is 0. The molecule has 4 rings (SSSR count). The molecule has 0 N–H and O–H groups in total. The molecule has 2 atom stereocenters. The minimum Gasteiger partial charge on any atom is -0.494 e. The number of aryl methyl sites for hydroxylation is 1. The fourth-order valence-corrected chi connectivity index (χ4v) is 6.09. The molecule has 7 heteroatoms. The molecule has 2 amide bonds. The average molecular weight is 401 g/mol. The Morgan fingerprint density at radius 1 is 1.07 bits per heavy atom. The van der Waals surface area contributed by atoms with Crippen molar-refractivity contribution in [1.29, 1.82) is 0 Å². The van der Waals surface area contributed by atoms with E-state index in [9.17, 15) is 13.2 Å². The molecule has 2 aliphatic rings. The van der Waals surface area contributed by atoms with Gasteiger partial charge in [0.25, 0.3) is 0 Å². The molecule has 2 saturated heterocycles. The van der Waals surface area contributed by atoms with Crippen molar-refractivity contribution >= 4 is 21.6 Å². The highest BCUT2D eigenvalue weighted by Crippen LogP contribution is 2.36. The molecule has 0 saturated carbocycles. The third-order valence-electron chi connectivity index (χ3n) is 5.34. The van der Waals surface area contributed by atoms with Gasteiger partial charge in [0.2, 0.25) is 0 Å². The van der Waals surface area contributed by atoms with Crippen molar-refractivity contribution in [2.24, 2.45) is 0 Å². The summed E-state index contributed by atoms with van der Waals surface area (Å²) in [6, 6.07) is 14.4. The number of carbonyl (C=O) groups is 1. The average Bonchev–Trinajstić information content (AvgIpc) is 3.07. The number of carbonyl (C=O) groups excluding carboxylic acids is 1. The van der Waals surface area contributed by atoms with E-state index in [1.807, 2.05) is 62.4 Å². The summed E-state index contributed by atoms with van der Waals surface area (Å²) < 4.78 is 30.1. The highest BCUT2D eigenvalue weighted by molar-refractivity contribution is 7.91. The van der Waals surface area contributed by atoms with Gasteiger partial charge in [-0.1, -0.05) is 29.8 Å². The van der Waals surface area contributed by atoms with Gasteiger partial charge in [0.1, 0.15) is 5.75 Å². The van der Waals surface area contributed by atoms with Crippen molar-refractivity contribution in [3.05, 3.63) is 59.7 Å². The first kappa shape index (κ1) is 18.8. The molecule has 2 heterocycles. The van der Waals surface area contributed by atoms with Crippen LogP contribution in [-0.4, -0.2) is 49.5 Å². The minimum absolute atomic E-state index is 0.000928. The van der Waals surface area contributed by atoms with Crippen LogP contribution in [-0.2, 0) is 16.4 Å². The number of benzene rings is 2. The van der Waals surface area contributed by atoms with E-state index in [0.717, 1.165) is 16.9 Å². The first-order chi connectivity index (χ1) is 13.4. The lowest BCUT2D eigenvalue weighted by atomic mass is 10.1. The molecule has 0 unspecified atom stereocenters. The van der Waals surface area contributed by atoms with Gasteiger partial charge in [0, 0.05) is 12.2 Å². The summed E-state index contributed by atoms with van der Waals surface area (Å²) >= 11 is 0. The number of rotatable bonds is 5. The van der Waals surface area contributed by atoms with Crippen molar-refractivity contribution in [2.45, 2.75) is 32.5 Å². The molecule has 2 aliphatic heterocycles. The Balaban J connectivity index is 1.66. The van der Waals surface area contributed by atoms with Gasteiger partial charge >= 0.3 is 6.03 Å². The highest BCUT2D eigenvalue weighted by atomic mass is 32.2. The minimum atomic E-state index is -3.18. The number of anilines is 1. The number of fused-ring (bicyclic) bond motifs is 1. The van der Waals surface area contributed by atoms with Crippen LogP contribution < -0.4 is 9.64 Å². The fourth-order valence-electron chi connectivity index (χ4n) is 4.14. The molecular formula is C21H24N2O4S. The highest BCUT2D eigenvalue weighted by Gasteiger charge is 2.53. The Bertz CT molecular complexity index is 988. The Morgan fingerprint density at radius 3 is 2.46 bits per heavy atom. The molecule has 0 aromatic heterocycles. The second-order valence-corrected chi connectivity index (χ2v) is 9.56. The van der Waals surface area contributed by atoms with Gasteiger partial charge in [0.15, 0.2) is 9.84 Å². The zero-order valence-corrected chi connectivity index (χ0v) is 16.9. The summed E-state index contributed by atoms with van der Waals surface area (Å²) in [6.45, 7) is 4.89. The predicted molar refractivity (Wildman–Crippen MR) is 108 cm³/mol. The Hall–Kier alpha value is -2.54. The fraction of sp³-hybridized carbons (Fsp3) is 0.381. The standard InChI is InChI=1S/C21H24N2O4S/c1-3-27-18-9-7-17(8-10-18)23-20-14-28(25,26)13-19(20)22(21(23)24)12-16-6-4-5-15(2)11-16/h4-11,19-20H,3,12-14H2,1-2H3/t19-,20+/m0/s1. The Kier molecular flexibility index (Phi) is 4.79. The van der Waals surface area contributed by atoms with Gasteiger partial charge in [-0.3, -0.25) is 4.90 Å². The number of sulfone groups is 1. The third-order valence-corrected chi connectivity index (χ3v) is 7.04. The van der Waals surface area contributed by atoms with Crippen LogP contribution in [0.25, 0.3) is 0 Å². The first-order valence-electron chi connectivity index (χ1n) is 9.46. The maximum absolute atomic E-state index is 13.3. The number of hydrogen-bond acceptors (Lipinski definition) is 4. The summed E-state index contributed by atoms with van der Waals surface area (Å²) in [5.74, 6) is 0.744. The molecule has 2 fully saturated rings. The van der Waals surface area contributed by atoms with E-state index in [1.165, 1.54) is 0 Å². The monoisotopic (exact) mass is 400 g/mol. The summed E-state index contributed by atoms with van der Waals surface area (Å²) in [4.78, 5) is 16.6. The maximum Gasteiger partial charge on any atom is 0.325 e. The maximum atomic E-state index is 13.3. The van der Waals surface area contributed by atoms with Crippen LogP contribution in [0.4, 0.5) is 10.5 Å². The van der Waals surface area contributed by atoms with Crippen molar-refractivity contribution in [2.75, 3.05) is 23.0 Å². The van der Waals surface area contributed by atoms with Gasteiger partial charge in [-0.2, -0.15) is 0 Å². The van der Waals surface area contributed by atoms with E-state index in [0.29, 0.717) is 18.8 Å². The molecule has 28 heavy (non-hydrogen) atoms. The Morgan fingerprint density at radius 2 is 1.79 bits per heavy atom. The van der Waals surface area contributed by atoms with Crippen LogP contribution >= 0.6 is 0 Å². The van der Waals surface area contributed by atoms with Crippen molar-refractivity contribution in [3.8, 4) is 5.75 Å². The van der Waals surface area contributed by atoms with Gasteiger partial charge in [-0.05, 0) is 43.7 Å². The van der Waals surface area contributed by atoms with E-state index >= 15 is 0 Å². The van der Waals surface area contributed by atoms with Crippen LogP contribution in [0.2, 0.25) is 0 Å². The lowest BCUT2D eigenvalue weighted by molar-refractivity contribution is 0.206. The molecular weight excluding hydrogens is 376 g/mol. The zero-order valence-electron chi connectivity index (χ0n) is 16.0. The lowest BCUT2D eigenvalue weighted by Gasteiger charge is -2.23. The molecule has 0 spiro atoms. The van der Waals surface area contributed by atoms with Crippen LogP contribution in [0.1, 0.15) is 18.1 Å². The number of nitrogens with zero attached hydrogens (tertiary/aromatic N) is 2. The topological polar surface area (TPSA) is 66.9 Å². The van der Waals surface area contributed by atoms with Crippen LogP contribution in [0.15, 0.2) is 48.5 Å². The van der Waals surface area contributed by atoms with E-state index in [1.54, 1.807) is 9.80 Å². The summed E-state index contributed by atoms with van der Waals surface area (Å²) in [5, 5.41) is 0. The predicted octanol–water partition coefficient (Wildman–Crippen LogP) is 3.00. The molecule has 2 aromatic carbocycles. The second kappa shape index (κ2) is 7.13. The number of ether oxygens (including phenoxy) is 1. The van der Waals surface area contributed by atoms with Crippen molar-refractivity contribution in [3.63, 3.8) is 0 Å². The van der Waals surface area contributed by atoms with Gasteiger partial charge in [0.05, 0.1) is 30.2 Å². The number of amides is 2. The van der Waals surface area contributed by atoms with Gasteiger partial charge < -0.3 is 9.64 Å². The number of hydrogen-bond donors (Lipinski definition) is 0. The van der Waals surface area contributed by atoms with Gasteiger partial charge in [-0.25, -0.2) is 13.2 Å². The molecule has 2 aromatic rings. The second-order valence-electron chi connectivity index (χ2n) is 7.41. The largest absolute Gasteiger partial charge is 0.494 e. The lowest BCUT2D eigenvalue weighted by Crippen LogP contribution is -2.37. The van der Waals surface area contributed by atoms with E-state index in [-0.39, 0.29) is 29.6 Å². The summed E-state index contributed by atoms with van der Waals surface area (Å²) in [5.41, 5.74) is 2.82. The van der Waals surface area contributed by atoms with E-state index < -0.39 is 9.84 Å². The molecule has 6 nitrogen and oxygen atoms in total. The molecule has 0 bridgehead atoms. The SMILES string of the molecule is CCOc1ccc(N2C(=O)N(Cc3cccc(C)c3)[C@H]3CS(=O)(=O)C[C@H]32)cc1. The molecule has 0 radical (unpaired) electrons. The smallest absolute Gasteiger partial charge is 0.325 e. The van der Waals surface area contributed by atoms with Crippen molar-refractivity contribution in [1.82, 2.24) is 4.90 Å². The quantitative estimate of drug-likeness (QED) is 0.724.